The minimum atomic E-state index is -5.08. The fraction of sp³-hybridized carbons (Fsp3) is 0.455. The van der Waals surface area contributed by atoms with Gasteiger partial charge in [-0.05, 0) is 17.7 Å². The van der Waals surface area contributed by atoms with Gasteiger partial charge in [0.15, 0.2) is 0 Å². The number of hydrogen-bond acceptors (Lipinski definition) is 7. The lowest BCUT2D eigenvalue weighted by Gasteiger charge is -2.20. The maximum Gasteiger partial charge on any atom is 0.490 e. The van der Waals surface area contributed by atoms with E-state index in [1.807, 2.05) is 12.1 Å². The highest BCUT2D eigenvalue weighted by Gasteiger charge is 2.43. The first-order valence-electron chi connectivity index (χ1n) is 10.5. The molecule has 184 valence electrons. The fourth-order valence-corrected chi connectivity index (χ4v) is 3.98. The van der Waals surface area contributed by atoms with E-state index >= 15 is 0 Å². The van der Waals surface area contributed by atoms with Crippen molar-refractivity contribution in [2.75, 3.05) is 33.4 Å². The number of amides is 1. The number of alkyl halides is 3. The molecule has 3 heterocycles. The summed E-state index contributed by atoms with van der Waals surface area (Å²) in [7, 11) is 1.69. The van der Waals surface area contributed by atoms with Crippen LogP contribution in [0.1, 0.15) is 16.1 Å². The monoisotopic (exact) mass is 482 g/mol. The summed E-state index contributed by atoms with van der Waals surface area (Å²) in [5.41, 5.74) is 1.58. The topological polar surface area (TPSA) is 114 Å². The van der Waals surface area contributed by atoms with E-state index in [2.05, 4.69) is 32.3 Å². The van der Waals surface area contributed by atoms with Gasteiger partial charge in [-0.15, -0.1) is 0 Å². The standard InChI is InChI=1S/C20H24N4O3.C2HF3O2/c1-26-16-4-2-3-14(7-16)10-24-11-17-15(13-27-19(17)12-24)8-23-20(25)18-9-21-5-6-22-18;3-2(4,5)1(6)7/h2-7,9,15,17,19H,8,10-13H2,1H3,(H,23,25);(H,6,7)/t15-,17-,19-;/m1./s1. The van der Waals surface area contributed by atoms with E-state index in [1.165, 1.54) is 18.0 Å². The SMILES string of the molecule is COc1cccc(CN2C[C@@H]3[C@H](CNC(=O)c4cnccn4)CO[C@@H]3C2)c1.O=C(O)C(F)(F)F. The summed E-state index contributed by atoms with van der Waals surface area (Å²) in [5, 5.41) is 10.1. The molecule has 0 saturated carbocycles. The molecule has 1 aromatic heterocycles. The lowest BCUT2D eigenvalue weighted by atomic mass is 9.93. The zero-order chi connectivity index (χ0) is 24.7. The third kappa shape index (κ3) is 6.87. The summed E-state index contributed by atoms with van der Waals surface area (Å²) in [5.74, 6) is -1.29. The van der Waals surface area contributed by atoms with Crippen molar-refractivity contribution < 1.29 is 37.3 Å². The van der Waals surface area contributed by atoms with Crippen LogP contribution >= 0.6 is 0 Å². The first kappa shape index (κ1) is 25.4. The number of carboxylic acids is 1. The van der Waals surface area contributed by atoms with E-state index in [0.717, 1.165) is 25.4 Å². The van der Waals surface area contributed by atoms with Crippen molar-refractivity contribution in [2.24, 2.45) is 11.8 Å². The summed E-state index contributed by atoms with van der Waals surface area (Å²) in [4.78, 5) is 31.5. The zero-order valence-corrected chi connectivity index (χ0v) is 18.4. The van der Waals surface area contributed by atoms with Gasteiger partial charge in [0, 0.05) is 50.4 Å². The predicted octanol–water partition coefficient (Wildman–Crippen LogP) is 2.00. The molecule has 1 aromatic carbocycles. The number of methoxy groups -OCH3 is 1. The molecule has 4 rings (SSSR count). The molecule has 3 atom stereocenters. The second kappa shape index (κ2) is 11.3. The van der Waals surface area contributed by atoms with Crippen LogP contribution < -0.4 is 10.1 Å². The summed E-state index contributed by atoms with van der Waals surface area (Å²) in [6.45, 7) is 4.09. The van der Waals surface area contributed by atoms with E-state index in [0.29, 0.717) is 30.7 Å². The van der Waals surface area contributed by atoms with Crippen molar-refractivity contribution >= 4 is 11.9 Å². The number of likely N-dealkylation sites (tertiary alicyclic amines) is 1. The van der Waals surface area contributed by atoms with Crippen LogP contribution in [0.15, 0.2) is 42.9 Å². The maximum absolute atomic E-state index is 12.2. The molecule has 2 aromatic rings. The molecule has 2 fully saturated rings. The zero-order valence-electron chi connectivity index (χ0n) is 18.4. The molecule has 9 nitrogen and oxygen atoms in total. The minimum Gasteiger partial charge on any atom is -0.497 e. The highest BCUT2D eigenvalue weighted by atomic mass is 19.4. The van der Waals surface area contributed by atoms with Crippen molar-refractivity contribution in [1.82, 2.24) is 20.2 Å². The van der Waals surface area contributed by atoms with Gasteiger partial charge in [-0.3, -0.25) is 14.7 Å². The number of aromatic nitrogens is 2. The Labute approximate surface area is 193 Å². The van der Waals surface area contributed by atoms with Gasteiger partial charge in [-0.25, -0.2) is 9.78 Å². The molecule has 34 heavy (non-hydrogen) atoms. The largest absolute Gasteiger partial charge is 0.497 e. The van der Waals surface area contributed by atoms with Gasteiger partial charge >= 0.3 is 12.1 Å². The molecule has 1 amide bonds. The van der Waals surface area contributed by atoms with E-state index in [9.17, 15) is 18.0 Å². The highest BCUT2D eigenvalue weighted by molar-refractivity contribution is 5.91. The van der Waals surface area contributed by atoms with Crippen LogP contribution in [0.2, 0.25) is 0 Å². The number of halogens is 3. The van der Waals surface area contributed by atoms with Crippen molar-refractivity contribution in [2.45, 2.75) is 18.8 Å². The normalized spacial score (nSPS) is 21.8. The molecule has 0 aliphatic carbocycles. The molecule has 0 spiro atoms. The Bertz CT molecular complexity index is 977. The lowest BCUT2D eigenvalue weighted by molar-refractivity contribution is -0.192. The van der Waals surface area contributed by atoms with Gasteiger partial charge in [0.05, 0.1) is 26.0 Å². The molecule has 12 heteroatoms. The number of carboxylic acid groups (broad SMARTS) is 1. The number of nitrogens with one attached hydrogen (secondary N) is 1. The molecule has 2 saturated heterocycles. The molecule has 2 N–H and O–H groups in total. The highest BCUT2D eigenvalue weighted by Crippen LogP contribution is 2.34. The van der Waals surface area contributed by atoms with E-state index < -0.39 is 12.1 Å². The summed E-state index contributed by atoms with van der Waals surface area (Å²) in [6.07, 6.45) is -0.276. The number of carbonyl (C=O) groups excluding carboxylic acids is 1. The molecular formula is C22H25F3N4O5. The maximum atomic E-state index is 12.2. The van der Waals surface area contributed by atoms with Crippen molar-refractivity contribution in [1.29, 1.82) is 0 Å². The third-order valence-electron chi connectivity index (χ3n) is 5.62. The predicted molar refractivity (Wildman–Crippen MR) is 113 cm³/mol. The first-order chi connectivity index (χ1) is 16.2. The average molecular weight is 482 g/mol. The Balaban J connectivity index is 0.000000406. The number of carbonyl (C=O) groups is 2. The fourth-order valence-electron chi connectivity index (χ4n) is 3.98. The summed E-state index contributed by atoms with van der Waals surface area (Å²) >= 11 is 0. The molecule has 2 aliphatic heterocycles. The number of ether oxygens (including phenoxy) is 2. The van der Waals surface area contributed by atoms with E-state index in [-0.39, 0.29) is 12.0 Å². The lowest BCUT2D eigenvalue weighted by Crippen LogP contribution is -2.34. The number of rotatable bonds is 6. The van der Waals surface area contributed by atoms with Gasteiger partial charge in [0.2, 0.25) is 0 Å². The molecule has 0 bridgehead atoms. The Kier molecular flexibility index (Phi) is 8.40. The second-order valence-corrected chi connectivity index (χ2v) is 7.94. The molecule has 0 unspecified atom stereocenters. The molecular weight excluding hydrogens is 457 g/mol. The van der Waals surface area contributed by atoms with Crippen molar-refractivity contribution in [3.8, 4) is 5.75 Å². The summed E-state index contributed by atoms with van der Waals surface area (Å²) in [6, 6.07) is 8.18. The Morgan fingerprint density at radius 3 is 2.71 bits per heavy atom. The van der Waals surface area contributed by atoms with Crippen LogP contribution in [0, 0.1) is 11.8 Å². The van der Waals surface area contributed by atoms with E-state index in [4.69, 9.17) is 19.4 Å². The van der Waals surface area contributed by atoms with Gasteiger partial charge < -0.3 is 19.9 Å². The first-order valence-corrected chi connectivity index (χ1v) is 10.5. The van der Waals surface area contributed by atoms with Crippen LogP contribution in [0.25, 0.3) is 0 Å². The van der Waals surface area contributed by atoms with Crippen molar-refractivity contribution in [3.05, 3.63) is 54.1 Å². The van der Waals surface area contributed by atoms with Gasteiger partial charge in [-0.2, -0.15) is 13.2 Å². The minimum absolute atomic E-state index is 0.183. The third-order valence-corrected chi connectivity index (χ3v) is 5.62. The summed E-state index contributed by atoms with van der Waals surface area (Å²) < 4.78 is 43.0. The van der Waals surface area contributed by atoms with Crippen LogP contribution in [-0.2, 0) is 16.1 Å². The number of hydrogen-bond donors (Lipinski definition) is 2. The molecule has 2 aliphatic rings. The van der Waals surface area contributed by atoms with Crippen LogP contribution in [-0.4, -0.2) is 77.5 Å². The van der Waals surface area contributed by atoms with Gasteiger partial charge in [-0.1, -0.05) is 12.1 Å². The number of benzene rings is 1. The smallest absolute Gasteiger partial charge is 0.490 e. The average Bonchev–Trinajstić information content (AvgIpc) is 3.38. The van der Waals surface area contributed by atoms with Crippen LogP contribution in [0.4, 0.5) is 13.2 Å². The molecule has 0 radical (unpaired) electrons. The number of nitrogens with zero attached hydrogens (tertiary/aromatic N) is 3. The Morgan fingerprint density at radius 2 is 2.06 bits per heavy atom. The quantitative estimate of drug-likeness (QED) is 0.643. The second-order valence-electron chi connectivity index (χ2n) is 7.94. The Hall–Kier alpha value is -3.25. The van der Waals surface area contributed by atoms with Crippen LogP contribution in [0.3, 0.4) is 0 Å². The van der Waals surface area contributed by atoms with E-state index in [1.54, 1.807) is 13.3 Å². The van der Waals surface area contributed by atoms with Gasteiger partial charge in [0.1, 0.15) is 11.4 Å². The number of fused-ring (bicyclic) bond motifs is 1. The van der Waals surface area contributed by atoms with Crippen molar-refractivity contribution in [3.63, 3.8) is 0 Å². The number of aliphatic carboxylic acids is 1. The Morgan fingerprint density at radius 1 is 1.29 bits per heavy atom. The van der Waals surface area contributed by atoms with Gasteiger partial charge in [0.25, 0.3) is 5.91 Å². The van der Waals surface area contributed by atoms with Crippen LogP contribution in [0.5, 0.6) is 5.75 Å².